The van der Waals surface area contributed by atoms with Gasteiger partial charge in [0.15, 0.2) is 0 Å². The van der Waals surface area contributed by atoms with Crippen molar-refractivity contribution in [3.05, 3.63) is 88.2 Å². The first-order valence-electron chi connectivity index (χ1n) is 10.2. The van der Waals surface area contributed by atoms with E-state index in [1.54, 1.807) is 16.4 Å². The molecule has 160 valence electrons. The highest BCUT2D eigenvalue weighted by Crippen LogP contribution is 2.46. The number of rotatable bonds is 3. The van der Waals surface area contributed by atoms with Crippen LogP contribution in [0, 0.1) is 13.8 Å². The van der Waals surface area contributed by atoms with Crippen molar-refractivity contribution in [3.8, 4) is 17.2 Å². The molecule has 5 rings (SSSR count). The van der Waals surface area contributed by atoms with Gasteiger partial charge in [-0.25, -0.2) is 9.97 Å². The number of thioether (sulfide) groups is 1. The average molecular weight is 462 g/mol. The number of halogens is 1. The number of fused-ring (bicyclic) bond motifs is 1. The van der Waals surface area contributed by atoms with E-state index in [1.807, 2.05) is 74.5 Å². The highest BCUT2D eigenvalue weighted by Gasteiger charge is 2.33. The molecule has 3 heterocycles. The molecule has 0 bridgehead atoms. The molecule has 1 atom stereocenters. The number of hydrogen-bond acceptors (Lipinski definition) is 5. The molecule has 0 saturated carbocycles. The van der Waals surface area contributed by atoms with Gasteiger partial charge >= 0.3 is 0 Å². The Bertz CT molecular complexity index is 1280. The van der Waals surface area contributed by atoms with Crippen molar-refractivity contribution < 1.29 is 4.79 Å². The molecule has 1 unspecified atom stereocenters. The molecule has 32 heavy (non-hydrogen) atoms. The summed E-state index contributed by atoms with van der Waals surface area (Å²) >= 11 is 7.71. The highest BCUT2D eigenvalue weighted by molar-refractivity contribution is 8.00. The molecule has 0 fully saturated rings. The maximum atomic E-state index is 12.7. The van der Waals surface area contributed by atoms with Gasteiger partial charge in [0.05, 0.1) is 16.7 Å². The van der Waals surface area contributed by atoms with Crippen molar-refractivity contribution >= 4 is 35.1 Å². The number of nitrogens with one attached hydrogen (secondary N) is 1. The summed E-state index contributed by atoms with van der Waals surface area (Å²) in [5.41, 5.74) is 5.40. The van der Waals surface area contributed by atoms with E-state index >= 15 is 0 Å². The topological polar surface area (TPSA) is 72.7 Å². The molecule has 0 spiro atoms. The lowest BCUT2D eigenvalue weighted by Crippen LogP contribution is -2.17. The van der Waals surface area contributed by atoms with E-state index in [0.717, 1.165) is 33.8 Å². The Balaban J connectivity index is 1.80. The summed E-state index contributed by atoms with van der Waals surface area (Å²) in [5, 5.41) is 8.54. The first kappa shape index (κ1) is 20.7. The molecule has 2 aromatic carbocycles. The van der Waals surface area contributed by atoms with Crippen LogP contribution >= 0.6 is 23.4 Å². The van der Waals surface area contributed by atoms with E-state index in [-0.39, 0.29) is 11.2 Å². The first-order valence-corrected chi connectivity index (χ1v) is 11.6. The number of nitrogens with zero attached hydrogens (tertiary/aromatic N) is 4. The van der Waals surface area contributed by atoms with E-state index in [0.29, 0.717) is 22.5 Å². The van der Waals surface area contributed by atoms with Crippen molar-refractivity contribution in [2.75, 3.05) is 11.1 Å². The van der Waals surface area contributed by atoms with Crippen LogP contribution in [0.25, 0.3) is 17.2 Å². The first-order chi connectivity index (χ1) is 15.5. The fourth-order valence-corrected chi connectivity index (χ4v) is 5.12. The maximum absolute atomic E-state index is 12.7. The Kier molecular flexibility index (Phi) is 5.45. The van der Waals surface area contributed by atoms with Crippen LogP contribution in [0.4, 0.5) is 5.82 Å². The SMILES string of the molecule is Cc1cc(C)nc(-n2nc(-c3ccccc3)c3c2NC(=O)CSC3c2ccc(Cl)cc2)n1. The van der Waals surface area contributed by atoms with Gasteiger partial charge in [0.2, 0.25) is 5.91 Å². The lowest BCUT2D eigenvalue weighted by atomic mass is 10.00. The molecular formula is C24H20ClN5OS. The molecule has 6 nitrogen and oxygen atoms in total. The Hall–Kier alpha value is -3.16. The second-order valence-corrected chi connectivity index (χ2v) is 9.16. The minimum atomic E-state index is -0.115. The monoisotopic (exact) mass is 461 g/mol. The lowest BCUT2D eigenvalue weighted by molar-refractivity contribution is -0.113. The number of anilines is 1. The fourth-order valence-electron chi connectivity index (χ4n) is 3.87. The summed E-state index contributed by atoms with van der Waals surface area (Å²) in [5.74, 6) is 1.27. The van der Waals surface area contributed by atoms with Gasteiger partial charge in [0.25, 0.3) is 5.95 Å². The molecule has 2 aromatic heterocycles. The smallest absolute Gasteiger partial charge is 0.252 e. The van der Waals surface area contributed by atoms with E-state index in [1.165, 1.54) is 0 Å². The van der Waals surface area contributed by atoms with Gasteiger partial charge < -0.3 is 5.32 Å². The second-order valence-electron chi connectivity index (χ2n) is 7.63. The summed E-state index contributed by atoms with van der Waals surface area (Å²) in [4.78, 5) is 21.9. The van der Waals surface area contributed by atoms with Gasteiger partial charge in [-0.1, -0.05) is 54.1 Å². The summed E-state index contributed by atoms with van der Waals surface area (Å²) in [6.07, 6.45) is 0. The molecular weight excluding hydrogens is 442 g/mol. The number of carbonyl (C=O) groups excluding carboxylic acids is 1. The number of aryl methyl sites for hydroxylation is 2. The van der Waals surface area contributed by atoms with Crippen LogP contribution in [0.2, 0.25) is 5.02 Å². The number of amides is 1. The van der Waals surface area contributed by atoms with Gasteiger partial charge in [-0.15, -0.1) is 11.8 Å². The highest BCUT2D eigenvalue weighted by atomic mass is 35.5. The molecule has 1 N–H and O–H groups in total. The van der Waals surface area contributed by atoms with Crippen LogP contribution in [0.1, 0.15) is 27.8 Å². The van der Waals surface area contributed by atoms with Crippen molar-refractivity contribution in [1.29, 1.82) is 0 Å². The molecule has 1 amide bonds. The van der Waals surface area contributed by atoms with Crippen molar-refractivity contribution in [2.24, 2.45) is 0 Å². The lowest BCUT2D eigenvalue weighted by Gasteiger charge is -2.16. The second kappa shape index (κ2) is 8.41. The predicted octanol–water partition coefficient (Wildman–Crippen LogP) is 5.37. The van der Waals surface area contributed by atoms with Crippen molar-refractivity contribution in [2.45, 2.75) is 19.1 Å². The van der Waals surface area contributed by atoms with Gasteiger partial charge in [-0.3, -0.25) is 4.79 Å². The molecule has 1 aliphatic rings. The third-order valence-electron chi connectivity index (χ3n) is 5.20. The zero-order valence-corrected chi connectivity index (χ0v) is 19.1. The van der Waals surface area contributed by atoms with Gasteiger partial charge in [-0.05, 0) is 37.6 Å². The van der Waals surface area contributed by atoms with Crippen LogP contribution in [-0.2, 0) is 4.79 Å². The van der Waals surface area contributed by atoms with Crippen LogP contribution < -0.4 is 5.32 Å². The number of carbonyl (C=O) groups is 1. The zero-order valence-electron chi connectivity index (χ0n) is 17.5. The van der Waals surface area contributed by atoms with E-state index in [2.05, 4.69) is 15.3 Å². The summed E-state index contributed by atoms with van der Waals surface area (Å²) in [6.45, 7) is 3.84. The largest absolute Gasteiger partial charge is 0.309 e. The Morgan fingerprint density at radius 3 is 2.41 bits per heavy atom. The summed E-state index contributed by atoms with van der Waals surface area (Å²) < 4.78 is 1.66. The van der Waals surface area contributed by atoms with E-state index < -0.39 is 0 Å². The standard InChI is InChI=1S/C24H20ClN5OS/c1-14-12-15(2)27-24(26-14)30-23-20(21(29-30)16-6-4-3-5-7-16)22(32-13-19(31)28-23)17-8-10-18(25)11-9-17/h3-12,22H,13H2,1-2H3,(H,28,31). The quantitative estimate of drug-likeness (QED) is 0.443. The maximum Gasteiger partial charge on any atom is 0.252 e. The Morgan fingerprint density at radius 1 is 1.03 bits per heavy atom. The van der Waals surface area contributed by atoms with Crippen molar-refractivity contribution in [1.82, 2.24) is 19.7 Å². The predicted molar refractivity (Wildman–Crippen MR) is 128 cm³/mol. The minimum Gasteiger partial charge on any atom is -0.309 e. The average Bonchev–Trinajstić information content (AvgIpc) is 3.05. The third kappa shape index (κ3) is 3.89. The zero-order chi connectivity index (χ0) is 22.2. The molecule has 0 radical (unpaired) electrons. The van der Waals surface area contributed by atoms with Crippen LogP contribution in [0.3, 0.4) is 0 Å². The van der Waals surface area contributed by atoms with Gasteiger partial charge in [0.1, 0.15) is 5.82 Å². The molecule has 4 aromatic rings. The Morgan fingerprint density at radius 2 is 1.72 bits per heavy atom. The van der Waals surface area contributed by atoms with Gasteiger partial charge in [0, 0.05) is 27.5 Å². The van der Waals surface area contributed by atoms with Crippen LogP contribution in [0.15, 0.2) is 60.7 Å². The number of hydrogen-bond donors (Lipinski definition) is 1. The normalized spacial score (nSPS) is 15.7. The summed E-state index contributed by atoms with van der Waals surface area (Å²) in [7, 11) is 0. The summed E-state index contributed by atoms with van der Waals surface area (Å²) in [6, 6.07) is 19.6. The van der Waals surface area contributed by atoms with Crippen LogP contribution in [-0.4, -0.2) is 31.4 Å². The molecule has 8 heteroatoms. The van der Waals surface area contributed by atoms with Crippen LogP contribution in [0.5, 0.6) is 0 Å². The minimum absolute atomic E-state index is 0.0853. The molecule has 1 aliphatic heterocycles. The van der Waals surface area contributed by atoms with E-state index in [4.69, 9.17) is 16.7 Å². The molecule has 0 aliphatic carbocycles. The third-order valence-corrected chi connectivity index (χ3v) is 6.73. The van der Waals surface area contributed by atoms with Gasteiger partial charge in [-0.2, -0.15) is 9.78 Å². The number of benzene rings is 2. The Labute approximate surface area is 195 Å². The van der Waals surface area contributed by atoms with Crippen molar-refractivity contribution in [3.63, 3.8) is 0 Å². The van der Waals surface area contributed by atoms with E-state index in [9.17, 15) is 4.79 Å². The number of aromatic nitrogens is 4. The molecule has 0 saturated heterocycles. The fraction of sp³-hybridized carbons (Fsp3) is 0.167.